The first-order valence-electron chi connectivity index (χ1n) is 5.67. The van der Waals surface area contributed by atoms with Gasteiger partial charge in [0.05, 0.1) is 16.1 Å². The minimum atomic E-state index is 0.0622. The summed E-state index contributed by atoms with van der Waals surface area (Å²) in [4.78, 5) is 4.55. The van der Waals surface area contributed by atoms with Gasteiger partial charge in [-0.05, 0) is 36.4 Å². The summed E-state index contributed by atoms with van der Waals surface area (Å²) < 4.78 is 1.97. The van der Waals surface area contributed by atoms with E-state index in [1.54, 1.807) is 18.2 Å². The molecule has 2 aromatic carbocycles. The molecule has 0 aliphatic rings. The lowest BCUT2D eigenvalue weighted by molar-refractivity contribution is 0.475. The second-order valence-corrected chi connectivity index (χ2v) is 5.14. The average molecular weight is 293 g/mol. The molecule has 0 aliphatic heterocycles. The molecule has 0 amide bonds. The Bertz CT molecular complexity index is 780. The van der Waals surface area contributed by atoms with Crippen LogP contribution in [-0.4, -0.2) is 14.7 Å². The van der Waals surface area contributed by atoms with Crippen molar-refractivity contribution < 1.29 is 5.11 Å². The summed E-state index contributed by atoms with van der Waals surface area (Å²) in [5.74, 6) is 0.839. The van der Waals surface area contributed by atoms with Gasteiger partial charge in [-0.2, -0.15) is 0 Å². The van der Waals surface area contributed by atoms with E-state index in [1.165, 1.54) is 0 Å². The topological polar surface area (TPSA) is 38.0 Å². The van der Waals surface area contributed by atoms with E-state index in [0.29, 0.717) is 10.0 Å². The third kappa shape index (κ3) is 2.05. The Morgan fingerprint density at radius 1 is 1.11 bits per heavy atom. The Balaban J connectivity index is 2.24. The van der Waals surface area contributed by atoms with E-state index in [-0.39, 0.29) is 5.75 Å². The standard InChI is InChI=1S/C14H10Cl2N2O/c1-18-12-4-3-9(15)7-11(12)17-14(18)8-2-5-13(19)10(16)6-8/h2-7,19H,1H3. The van der Waals surface area contributed by atoms with Crippen molar-refractivity contribution in [3.63, 3.8) is 0 Å². The lowest BCUT2D eigenvalue weighted by Gasteiger charge is -2.04. The van der Waals surface area contributed by atoms with E-state index in [4.69, 9.17) is 23.2 Å². The van der Waals surface area contributed by atoms with Crippen molar-refractivity contribution in [1.29, 1.82) is 0 Å². The summed E-state index contributed by atoms with van der Waals surface area (Å²) in [5.41, 5.74) is 2.66. The van der Waals surface area contributed by atoms with Crippen molar-refractivity contribution in [2.45, 2.75) is 0 Å². The van der Waals surface area contributed by atoms with Crippen molar-refractivity contribution in [2.75, 3.05) is 0 Å². The highest BCUT2D eigenvalue weighted by atomic mass is 35.5. The number of aromatic hydroxyl groups is 1. The molecule has 0 unspecified atom stereocenters. The molecule has 0 fully saturated rings. The van der Waals surface area contributed by atoms with Crippen LogP contribution in [-0.2, 0) is 7.05 Å². The quantitative estimate of drug-likeness (QED) is 0.728. The molecule has 0 radical (unpaired) electrons. The van der Waals surface area contributed by atoms with Crippen molar-refractivity contribution in [2.24, 2.45) is 7.05 Å². The number of fused-ring (bicyclic) bond motifs is 1. The van der Waals surface area contributed by atoms with E-state index >= 15 is 0 Å². The molecule has 0 saturated heterocycles. The molecule has 3 rings (SSSR count). The van der Waals surface area contributed by atoms with Crippen molar-refractivity contribution in [1.82, 2.24) is 9.55 Å². The maximum absolute atomic E-state index is 9.46. The predicted molar refractivity (Wildman–Crippen MR) is 77.8 cm³/mol. The number of hydrogen-bond donors (Lipinski definition) is 1. The van der Waals surface area contributed by atoms with Gasteiger partial charge in [-0.3, -0.25) is 0 Å². The lowest BCUT2D eigenvalue weighted by Crippen LogP contribution is -1.92. The maximum Gasteiger partial charge on any atom is 0.140 e. The van der Waals surface area contributed by atoms with Crippen LogP contribution in [0.3, 0.4) is 0 Å². The third-order valence-electron chi connectivity index (χ3n) is 3.05. The van der Waals surface area contributed by atoms with E-state index in [1.807, 2.05) is 29.8 Å². The summed E-state index contributed by atoms with van der Waals surface area (Å²) in [6.07, 6.45) is 0. The number of phenols is 1. The Morgan fingerprint density at radius 2 is 1.89 bits per heavy atom. The summed E-state index contributed by atoms with van der Waals surface area (Å²) in [7, 11) is 1.93. The highest BCUT2D eigenvalue weighted by Gasteiger charge is 2.11. The highest BCUT2D eigenvalue weighted by molar-refractivity contribution is 6.32. The van der Waals surface area contributed by atoms with Crippen LogP contribution in [0, 0.1) is 0 Å². The molecule has 0 spiro atoms. The molecular weight excluding hydrogens is 283 g/mol. The number of imidazole rings is 1. The van der Waals surface area contributed by atoms with E-state index in [9.17, 15) is 5.11 Å². The van der Waals surface area contributed by atoms with Gasteiger partial charge in [-0.1, -0.05) is 23.2 Å². The Kier molecular flexibility index (Phi) is 2.88. The summed E-state index contributed by atoms with van der Waals surface area (Å²) in [6, 6.07) is 10.6. The number of nitrogens with zero attached hydrogens (tertiary/aromatic N) is 2. The van der Waals surface area contributed by atoms with Crippen LogP contribution < -0.4 is 0 Å². The fourth-order valence-corrected chi connectivity index (χ4v) is 2.42. The van der Waals surface area contributed by atoms with Gasteiger partial charge in [0.25, 0.3) is 0 Å². The highest BCUT2D eigenvalue weighted by Crippen LogP contribution is 2.31. The second kappa shape index (κ2) is 4.44. The Hall–Kier alpha value is -1.71. The molecular formula is C14H10Cl2N2O. The number of phenolic OH excluding ortho intramolecular Hbond substituents is 1. The fraction of sp³-hybridized carbons (Fsp3) is 0.0714. The van der Waals surface area contributed by atoms with Crippen LogP contribution in [0.4, 0.5) is 0 Å². The SMILES string of the molecule is Cn1c(-c2ccc(O)c(Cl)c2)nc2cc(Cl)ccc21. The van der Waals surface area contributed by atoms with Crippen LogP contribution in [0.25, 0.3) is 22.4 Å². The van der Waals surface area contributed by atoms with Gasteiger partial charge >= 0.3 is 0 Å². The van der Waals surface area contributed by atoms with Crippen molar-refractivity contribution in [3.8, 4) is 17.1 Å². The van der Waals surface area contributed by atoms with Gasteiger partial charge in [0.15, 0.2) is 0 Å². The summed E-state index contributed by atoms with van der Waals surface area (Å²) in [5, 5.41) is 10.4. The fourth-order valence-electron chi connectivity index (χ4n) is 2.08. The Morgan fingerprint density at radius 3 is 2.63 bits per heavy atom. The third-order valence-corrected chi connectivity index (χ3v) is 3.59. The lowest BCUT2D eigenvalue weighted by atomic mass is 10.2. The van der Waals surface area contributed by atoms with E-state index in [0.717, 1.165) is 22.4 Å². The zero-order valence-electron chi connectivity index (χ0n) is 10.1. The Labute approximate surface area is 120 Å². The zero-order valence-corrected chi connectivity index (χ0v) is 11.6. The van der Waals surface area contributed by atoms with Crippen LogP contribution in [0.15, 0.2) is 36.4 Å². The molecule has 19 heavy (non-hydrogen) atoms. The number of aromatic nitrogens is 2. The monoisotopic (exact) mass is 292 g/mol. The summed E-state index contributed by atoms with van der Waals surface area (Å²) in [6.45, 7) is 0. The first-order chi connectivity index (χ1) is 9.06. The van der Waals surface area contributed by atoms with Gasteiger partial charge in [0.2, 0.25) is 0 Å². The molecule has 3 nitrogen and oxygen atoms in total. The molecule has 1 aromatic heterocycles. The number of benzene rings is 2. The minimum Gasteiger partial charge on any atom is -0.506 e. The number of aryl methyl sites for hydroxylation is 1. The normalized spacial score (nSPS) is 11.1. The van der Waals surface area contributed by atoms with E-state index in [2.05, 4.69) is 4.98 Å². The van der Waals surface area contributed by atoms with Gasteiger partial charge in [-0.15, -0.1) is 0 Å². The number of rotatable bonds is 1. The smallest absolute Gasteiger partial charge is 0.140 e. The van der Waals surface area contributed by atoms with Crippen molar-refractivity contribution >= 4 is 34.2 Å². The van der Waals surface area contributed by atoms with Gasteiger partial charge in [0, 0.05) is 17.6 Å². The maximum atomic E-state index is 9.46. The summed E-state index contributed by atoms with van der Waals surface area (Å²) >= 11 is 11.9. The van der Waals surface area contributed by atoms with Gasteiger partial charge in [0.1, 0.15) is 11.6 Å². The molecule has 0 bridgehead atoms. The average Bonchev–Trinajstić information content (AvgIpc) is 2.70. The molecule has 3 aromatic rings. The second-order valence-electron chi connectivity index (χ2n) is 4.29. The number of hydrogen-bond acceptors (Lipinski definition) is 2. The van der Waals surface area contributed by atoms with Crippen LogP contribution in [0.1, 0.15) is 0 Å². The minimum absolute atomic E-state index is 0.0622. The van der Waals surface area contributed by atoms with E-state index < -0.39 is 0 Å². The van der Waals surface area contributed by atoms with Crippen LogP contribution in [0.2, 0.25) is 10.0 Å². The molecule has 1 heterocycles. The molecule has 0 aliphatic carbocycles. The zero-order chi connectivity index (χ0) is 13.6. The largest absolute Gasteiger partial charge is 0.506 e. The van der Waals surface area contributed by atoms with Crippen LogP contribution >= 0.6 is 23.2 Å². The van der Waals surface area contributed by atoms with Crippen LogP contribution in [0.5, 0.6) is 5.75 Å². The van der Waals surface area contributed by atoms with Gasteiger partial charge in [-0.25, -0.2) is 4.98 Å². The molecule has 5 heteroatoms. The first-order valence-corrected chi connectivity index (χ1v) is 6.43. The predicted octanol–water partition coefficient (Wildman–Crippen LogP) is 4.25. The number of halogens is 2. The van der Waals surface area contributed by atoms with Crippen molar-refractivity contribution in [3.05, 3.63) is 46.4 Å². The molecule has 0 atom stereocenters. The molecule has 1 N–H and O–H groups in total. The first kappa shape index (κ1) is 12.3. The van der Waals surface area contributed by atoms with Gasteiger partial charge < -0.3 is 9.67 Å². The molecule has 96 valence electrons. The molecule has 0 saturated carbocycles.